The Labute approximate surface area is 125 Å². The van der Waals surface area contributed by atoms with Crippen LogP contribution in [-0.4, -0.2) is 0 Å². The number of furan rings is 1. The van der Waals surface area contributed by atoms with Crippen molar-refractivity contribution in [2.24, 2.45) is 5.73 Å². The number of rotatable bonds is 12. The third kappa shape index (κ3) is 7.14. The maximum atomic E-state index is 6.19. The predicted molar refractivity (Wildman–Crippen MR) is 86.8 cm³/mol. The third-order valence-corrected chi connectivity index (χ3v) is 4.17. The van der Waals surface area contributed by atoms with Gasteiger partial charge in [-0.25, -0.2) is 0 Å². The van der Waals surface area contributed by atoms with Crippen LogP contribution in [0.4, 0.5) is 0 Å². The zero-order valence-corrected chi connectivity index (χ0v) is 13.5. The zero-order chi connectivity index (χ0) is 14.6. The lowest BCUT2D eigenvalue weighted by atomic mass is 10.0. The van der Waals surface area contributed by atoms with Crippen LogP contribution in [0.15, 0.2) is 16.7 Å². The molecule has 0 radical (unpaired) electrons. The van der Waals surface area contributed by atoms with E-state index in [9.17, 15) is 0 Å². The molecule has 1 aromatic rings. The molecule has 1 heterocycles. The molecular formula is C18H33NO. The van der Waals surface area contributed by atoms with Gasteiger partial charge in [0.25, 0.3) is 0 Å². The van der Waals surface area contributed by atoms with E-state index in [1.165, 1.54) is 69.8 Å². The molecule has 1 atom stereocenters. The molecule has 2 nitrogen and oxygen atoms in total. The van der Waals surface area contributed by atoms with Crippen molar-refractivity contribution in [3.63, 3.8) is 0 Å². The second-order valence-electron chi connectivity index (χ2n) is 6.01. The minimum atomic E-state index is 0.155. The summed E-state index contributed by atoms with van der Waals surface area (Å²) in [5.41, 5.74) is 7.37. The molecule has 1 unspecified atom stereocenters. The van der Waals surface area contributed by atoms with Gasteiger partial charge in [0.1, 0.15) is 5.76 Å². The van der Waals surface area contributed by atoms with E-state index in [1.807, 2.05) is 13.0 Å². The summed E-state index contributed by atoms with van der Waals surface area (Å²) in [6, 6.07) is 2.17. The van der Waals surface area contributed by atoms with Crippen LogP contribution in [0.3, 0.4) is 0 Å². The molecule has 0 bridgehead atoms. The second kappa shape index (κ2) is 11.0. The van der Waals surface area contributed by atoms with Crippen LogP contribution in [0.25, 0.3) is 0 Å². The molecule has 0 aliphatic rings. The van der Waals surface area contributed by atoms with E-state index in [1.54, 1.807) is 6.26 Å². The first-order valence-electron chi connectivity index (χ1n) is 8.55. The molecule has 0 saturated carbocycles. The third-order valence-electron chi connectivity index (χ3n) is 4.17. The van der Waals surface area contributed by atoms with Crippen molar-refractivity contribution in [2.75, 3.05) is 0 Å². The Bertz CT molecular complexity index is 332. The summed E-state index contributed by atoms with van der Waals surface area (Å²) in [6.07, 6.45) is 16.6. The highest BCUT2D eigenvalue weighted by molar-refractivity contribution is 5.19. The minimum Gasteiger partial charge on any atom is -0.469 e. The van der Waals surface area contributed by atoms with E-state index in [0.29, 0.717) is 0 Å². The highest BCUT2D eigenvalue weighted by Crippen LogP contribution is 2.22. The largest absolute Gasteiger partial charge is 0.469 e. The lowest BCUT2D eigenvalue weighted by molar-refractivity contribution is 0.507. The monoisotopic (exact) mass is 279 g/mol. The van der Waals surface area contributed by atoms with Gasteiger partial charge < -0.3 is 10.2 Å². The Morgan fingerprint density at radius 1 is 0.950 bits per heavy atom. The summed E-state index contributed by atoms with van der Waals surface area (Å²) in [6.45, 7) is 4.27. The van der Waals surface area contributed by atoms with Gasteiger partial charge in [-0.1, -0.05) is 71.1 Å². The van der Waals surface area contributed by atoms with Gasteiger partial charge in [-0.15, -0.1) is 0 Å². The van der Waals surface area contributed by atoms with Gasteiger partial charge in [-0.3, -0.25) is 0 Å². The Morgan fingerprint density at radius 3 is 2.00 bits per heavy atom. The molecule has 1 rings (SSSR count). The van der Waals surface area contributed by atoms with Gasteiger partial charge in [-0.2, -0.15) is 0 Å². The standard InChI is InChI=1S/C18H33NO/c1-3-4-5-6-7-8-9-10-11-12-13-18(19)17-14-15-20-16(17)2/h14-15,18H,3-13,19H2,1-2H3. The van der Waals surface area contributed by atoms with Gasteiger partial charge in [0.15, 0.2) is 0 Å². The van der Waals surface area contributed by atoms with Crippen molar-refractivity contribution in [1.82, 2.24) is 0 Å². The predicted octanol–water partition coefficient (Wildman–Crippen LogP) is 5.90. The van der Waals surface area contributed by atoms with Crippen LogP contribution in [0.1, 0.15) is 94.9 Å². The van der Waals surface area contributed by atoms with Crippen molar-refractivity contribution < 1.29 is 4.42 Å². The molecule has 0 aromatic carbocycles. The normalized spacial score (nSPS) is 12.8. The van der Waals surface area contributed by atoms with Crippen molar-refractivity contribution >= 4 is 0 Å². The van der Waals surface area contributed by atoms with Crippen molar-refractivity contribution in [1.29, 1.82) is 0 Å². The number of hydrogen-bond donors (Lipinski definition) is 1. The zero-order valence-electron chi connectivity index (χ0n) is 13.5. The van der Waals surface area contributed by atoms with Crippen LogP contribution in [0.5, 0.6) is 0 Å². The lowest BCUT2D eigenvalue weighted by Crippen LogP contribution is -2.10. The molecule has 20 heavy (non-hydrogen) atoms. The van der Waals surface area contributed by atoms with Gasteiger partial charge in [0, 0.05) is 11.6 Å². The van der Waals surface area contributed by atoms with Crippen LogP contribution in [0.2, 0.25) is 0 Å². The van der Waals surface area contributed by atoms with E-state index in [0.717, 1.165) is 12.2 Å². The molecule has 0 saturated heterocycles. The number of nitrogens with two attached hydrogens (primary N) is 1. The fourth-order valence-corrected chi connectivity index (χ4v) is 2.79. The second-order valence-corrected chi connectivity index (χ2v) is 6.01. The van der Waals surface area contributed by atoms with Crippen molar-refractivity contribution in [2.45, 2.75) is 90.5 Å². The topological polar surface area (TPSA) is 39.2 Å². The quantitative estimate of drug-likeness (QED) is 0.484. The Kier molecular flexibility index (Phi) is 9.48. The fourth-order valence-electron chi connectivity index (χ4n) is 2.79. The Balaban J connectivity index is 1.91. The molecule has 0 spiro atoms. The lowest BCUT2D eigenvalue weighted by Gasteiger charge is -2.10. The van der Waals surface area contributed by atoms with Gasteiger partial charge >= 0.3 is 0 Å². The van der Waals surface area contributed by atoms with Crippen LogP contribution < -0.4 is 5.73 Å². The Morgan fingerprint density at radius 2 is 1.50 bits per heavy atom. The van der Waals surface area contributed by atoms with Crippen LogP contribution in [-0.2, 0) is 0 Å². The van der Waals surface area contributed by atoms with Gasteiger partial charge in [0.2, 0.25) is 0 Å². The minimum absolute atomic E-state index is 0.155. The first-order valence-corrected chi connectivity index (χ1v) is 8.55. The van der Waals surface area contributed by atoms with Crippen LogP contribution in [0, 0.1) is 6.92 Å². The Hall–Kier alpha value is -0.760. The van der Waals surface area contributed by atoms with E-state index in [2.05, 4.69) is 6.92 Å². The summed E-state index contributed by atoms with van der Waals surface area (Å²) in [5, 5.41) is 0. The summed E-state index contributed by atoms with van der Waals surface area (Å²) < 4.78 is 5.31. The van der Waals surface area contributed by atoms with E-state index in [4.69, 9.17) is 10.2 Å². The molecule has 2 heteroatoms. The molecular weight excluding hydrogens is 246 g/mol. The first-order chi connectivity index (χ1) is 9.75. The molecule has 116 valence electrons. The van der Waals surface area contributed by atoms with Crippen molar-refractivity contribution in [3.8, 4) is 0 Å². The van der Waals surface area contributed by atoms with Gasteiger partial charge in [0.05, 0.1) is 6.26 Å². The van der Waals surface area contributed by atoms with Gasteiger partial charge in [-0.05, 0) is 19.4 Å². The average Bonchev–Trinajstić information content (AvgIpc) is 2.87. The highest BCUT2D eigenvalue weighted by atomic mass is 16.3. The first kappa shape index (κ1) is 17.3. The van der Waals surface area contributed by atoms with E-state index >= 15 is 0 Å². The molecule has 0 amide bonds. The number of hydrogen-bond acceptors (Lipinski definition) is 2. The summed E-state index contributed by atoms with van der Waals surface area (Å²) in [7, 11) is 0. The SMILES string of the molecule is CCCCCCCCCCCCC(N)c1ccoc1C. The molecule has 0 aliphatic heterocycles. The maximum absolute atomic E-state index is 6.19. The average molecular weight is 279 g/mol. The summed E-state index contributed by atoms with van der Waals surface area (Å²) in [5.74, 6) is 0.976. The smallest absolute Gasteiger partial charge is 0.105 e. The fraction of sp³-hybridized carbons (Fsp3) is 0.778. The summed E-state index contributed by atoms with van der Waals surface area (Å²) >= 11 is 0. The number of aryl methyl sites for hydroxylation is 1. The molecule has 0 aliphatic carbocycles. The maximum Gasteiger partial charge on any atom is 0.105 e. The van der Waals surface area contributed by atoms with E-state index in [-0.39, 0.29) is 6.04 Å². The molecule has 0 fully saturated rings. The number of unbranched alkanes of at least 4 members (excludes halogenated alkanes) is 9. The van der Waals surface area contributed by atoms with E-state index < -0.39 is 0 Å². The molecule has 2 N–H and O–H groups in total. The van der Waals surface area contributed by atoms with Crippen LogP contribution >= 0.6 is 0 Å². The summed E-state index contributed by atoms with van der Waals surface area (Å²) in [4.78, 5) is 0. The highest BCUT2D eigenvalue weighted by Gasteiger charge is 2.10. The van der Waals surface area contributed by atoms with Crippen molar-refractivity contribution in [3.05, 3.63) is 23.7 Å². The molecule has 1 aromatic heterocycles.